The highest BCUT2D eigenvalue weighted by molar-refractivity contribution is 6.36. The summed E-state index contributed by atoms with van der Waals surface area (Å²) in [5.41, 5.74) is 0. The third-order valence-corrected chi connectivity index (χ3v) is 3.68. The van der Waals surface area contributed by atoms with Gasteiger partial charge in [-0.3, -0.25) is 0 Å². The van der Waals surface area contributed by atoms with Crippen molar-refractivity contribution in [2.45, 2.75) is 60.3 Å². The van der Waals surface area contributed by atoms with Crippen LogP contribution in [-0.4, -0.2) is 29.3 Å². The molecule has 0 aromatic carbocycles. The van der Waals surface area contributed by atoms with Crippen LogP contribution in [0.25, 0.3) is 0 Å². The van der Waals surface area contributed by atoms with Crippen LogP contribution in [0.3, 0.4) is 0 Å². The quantitative estimate of drug-likeness (QED) is 0.464. The van der Waals surface area contributed by atoms with Crippen LogP contribution in [0, 0.1) is 0 Å². The van der Waals surface area contributed by atoms with Crippen molar-refractivity contribution in [3.63, 3.8) is 0 Å². The van der Waals surface area contributed by atoms with Gasteiger partial charge in [0.25, 0.3) is 0 Å². The summed E-state index contributed by atoms with van der Waals surface area (Å²) >= 11 is 0. The lowest BCUT2D eigenvalue weighted by atomic mass is 10.2. The third kappa shape index (κ3) is 16.5. The highest BCUT2D eigenvalue weighted by atomic mass is 28.3. The minimum Gasteiger partial charge on any atom is -0.376 e. The van der Waals surface area contributed by atoms with Gasteiger partial charge in [0.05, 0.1) is 0 Å². The van der Waals surface area contributed by atoms with E-state index in [0.717, 1.165) is 0 Å². The summed E-state index contributed by atoms with van der Waals surface area (Å²) in [6, 6.07) is 0. The lowest BCUT2D eigenvalue weighted by Crippen LogP contribution is -2.27. The SMILES string of the molecule is CCCCCC.CCO[SiH](OCC)OCC. The van der Waals surface area contributed by atoms with Crippen molar-refractivity contribution in [3.8, 4) is 0 Å². The largest absolute Gasteiger partial charge is 0.484 e. The molecule has 0 saturated carbocycles. The second-order valence-electron chi connectivity index (χ2n) is 3.36. The van der Waals surface area contributed by atoms with E-state index >= 15 is 0 Å². The maximum atomic E-state index is 5.22. The van der Waals surface area contributed by atoms with E-state index in [4.69, 9.17) is 13.3 Å². The first-order chi connectivity index (χ1) is 7.76. The van der Waals surface area contributed by atoms with Gasteiger partial charge in [0, 0.05) is 19.8 Å². The van der Waals surface area contributed by atoms with Gasteiger partial charge in [-0.05, 0) is 20.8 Å². The highest BCUT2D eigenvalue weighted by Gasteiger charge is 2.11. The molecule has 0 aliphatic carbocycles. The van der Waals surface area contributed by atoms with E-state index in [1.165, 1.54) is 25.7 Å². The van der Waals surface area contributed by atoms with Crippen molar-refractivity contribution in [1.82, 2.24) is 0 Å². The summed E-state index contributed by atoms with van der Waals surface area (Å²) in [6.45, 7) is 12.3. The van der Waals surface area contributed by atoms with Crippen LogP contribution in [0.4, 0.5) is 0 Å². The molecule has 0 unspecified atom stereocenters. The Hall–Kier alpha value is 0.0969. The number of rotatable bonds is 9. The normalized spacial score (nSPS) is 10.1. The Labute approximate surface area is 103 Å². The zero-order valence-corrected chi connectivity index (χ0v) is 12.9. The lowest BCUT2D eigenvalue weighted by molar-refractivity contribution is 0.107. The van der Waals surface area contributed by atoms with Gasteiger partial charge in [-0.25, -0.2) is 0 Å². The van der Waals surface area contributed by atoms with Crippen LogP contribution in [0.5, 0.6) is 0 Å². The van der Waals surface area contributed by atoms with Crippen molar-refractivity contribution >= 4 is 9.53 Å². The van der Waals surface area contributed by atoms with Gasteiger partial charge in [0.2, 0.25) is 0 Å². The smallest absolute Gasteiger partial charge is 0.376 e. The fourth-order valence-electron chi connectivity index (χ4n) is 1.05. The van der Waals surface area contributed by atoms with E-state index in [-0.39, 0.29) is 0 Å². The van der Waals surface area contributed by atoms with Crippen molar-refractivity contribution in [2.75, 3.05) is 19.8 Å². The molecule has 16 heavy (non-hydrogen) atoms. The molecule has 0 N–H and O–H groups in total. The van der Waals surface area contributed by atoms with Gasteiger partial charge in [-0.15, -0.1) is 0 Å². The van der Waals surface area contributed by atoms with Gasteiger partial charge in [-0.2, -0.15) is 0 Å². The molecule has 0 saturated heterocycles. The Bertz CT molecular complexity index is 94.2. The molecule has 3 nitrogen and oxygen atoms in total. The molecule has 0 bridgehead atoms. The molecular weight excluding hydrogens is 220 g/mol. The Morgan fingerprint density at radius 2 is 0.938 bits per heavy atom. The molecule has 0 aromatic heterocycles. The zero-order valence-electron chi connectivity index (χ0n) is 11.8. The van der Waals surface area contributed by atoms with Gasteiger partial charge in [0.1, 0.15) is 0 Å². The summed E-state index contributed by atoms with van der Waals surface area (Å²) in [5.74, 6) is 0. The number of hydrogen-bond donors (Lipinski definition) is 0. The van der Waals surface area contributed by atoms with Crippen LogP contribution in [0.1, 0.15) is 60.3 Å². The van der Waals surface area contributed by atoms with Gasteiger partial charge >= 0.3 is 9.53 Å². The standard InChI is InChI=1S/C6H16O3Si.C6H14/c1-4-7-10(8-5-2)9-6-3;1-3-5-6-4-2/h10H,4-6H2,1-3H3;3-6H2,1-2H3. The summed E-state index contributed by atoms with van der Waals surface area (Å²) in [5, 5.41) is 0. The molecule has 0 amide bonds. The van der Waals surface area contributed by atoms with E-state index < -0.39 is 9.53 Å². The van der Waals surface area contributed by atoms with E-state index in [1.54, 1.807) is 0 Å². The first-order valence-corrected chi connectivity index (χ1v) is 8.02. The Kier molecular flexibility index (Phi) is 20.2. The number of unbranched alkanes of at least 4 members (excludes halogenated alkanes) is 3. The molecule has 0 aliphatic rings. The second kappa shape index (κ2) is 17.5. The maximum absolute atomic E-state index is 5.22. The molecule has 0 aromatic rings. The van der Waals surface area contributed by atoms with Crippen LogP contribution >= 0.6 is 0 Å². The van der Waals surface area contributed by atoms with E-state index in [2.05, 4.69) is 13.8 Å². The van der Waals surface area contributed by atoms with E-state index in [9.17, 15) is 0 Å². The van der Waals surface area contributed by atoms with Crippen LogP contribution < -0.4 is 0 Å². The van der Waals surface area contributed by atoms with Gasteiger partial charge in [0.15, 0.2) is 0 Å². The Morgan fingerprint density at radius 1 is 0.625 bits per heavy atom. The summed E-state index contributed by atoms with van der Waals surface area (Å²) in [6.07, 6.45) is 5.54. The molecule has 100 valence electrons. The van der Waals surface area contributed by atoms with Crippen molar-refractivity contribution in [1.29, 1.82) is 0 Å². The molecular formula is C12H30O3Si. The lowest BCUT2D eigenvalue weighted by Gasteiger charge is -2.12. The average molecular weight is 250 g/mol. The molecule has 4 heteroatoms. The summed E-state index contributed by atoms with van der Waals surface area (Å²) < 4.78 is 15.7. The average Bonchev–Trinajstić information content (AvgIpc) is 2.28. The summed E-state index contributed by atoms with van der Waals surface area (Å²) in [4.78, 5) is 0. The summed E-state index contributed by atoms with van der Waals surface area (Å²) in [7, 11) is -1.73. The van der Waals surface area contributed by atoms with Crippen molar-refractivity contribution < 1.29 is 13.3 Å². The van der Waals surface area contributed by atoms with Crippen LogP contribution in [0.15, 0.2) is 0 Å². The van der Waals surface area contributed by atoms with Crippen molar-refractivity contribution in [3.05, 3.63) is 0 Å². The van der Waals surface area contributed by atoms with E-state index in [0.29, 0.717) is 19.8 Å². The third-order valence-electron chi connectivity index (χ3n) is 1.87. The second-order valence-corrected chi connectivity index (χ2v) is 4.94. The molecule has 0 rings (SSSR count). The highest BCUT2D eigenvalue weighted by Crippen LogP contribution is 1.95. The molecule has 0 fully saturated rings. The van der Waals surface area contributed by atoms with Gasteiger partial charge in [-0.1, -0.05) is 39.5 Å². The van der Waals surface area contributed by atoms with Crippen molar-refractivity contribution in [2.24, 2.45) is 0 Å². The predicted molar refractivity (Wildman–Crippen MR) is 71.8 cm³/mol. The maximum Gasteiger partial charge on any atom is 0.484 e. The van der Waals surface area contributed by atoms with E-state index in [1.807, 2.05) is 20.8 Å². The zero-order chi connectivity index (χ0) is 12.6. The number of hydrogen-bond acceptors (Lipinski definition) is 3. The fraction of sp³-hybridized carbons (Fsp3) is 1.00. The minimum atomic E-state index is -1.73. The predicted octanol–water partition coefficient (Wildman–Crippen LogP) is 3.40. The first kappa shape index (κ1) is 18.5. The fourth-order valence-corrected chi connectivity index (χ4v) is 2.16. The Balaban J connectivity index is 0. The van der Waals surface area contributed by atoms with Gasteiger partial charge < -0.3 is 13.3 Å². The topological polar surface area (TPSA) is 27.7 Å². The molecule has 0 radical (unpaired) electrons. The Morgan fingerprint density at radius 3 is 1.12 bits per heavy atom. The molecule has 0 aliphatic heterocycles. The van der Waals surface area contributed by atoms with Crippen LogP contribution in [0.2, 0.25) is 0 Å². The monoisotopic (exact) mass is 250 g/mol. The minimum absolute atomic E-state index is 0.677. The molecule has 0 atom stereocenters. The first-order valence-electron chi connectivity index (χ1n) is 6.61. The molecule has 0 heterocycles. The molecule has 0 spiro atoms. The van der Waals surface area contributed by atoms with Crippen LogP contribution in [-0.2, 0) is 13.3 Å².